The smallest absolute Gasteiger partial charge is 0.262 e. The van der Waals surface area contributed by atoms with Gasteiger partial charge in [-0.3, -0.25) is 4.79 Å². The lowest BCUT2D eigenvalue weighted by Gasteiger charge is -2.15. The fourth-order valence-electron chi connectivity index (χ4n) is 3.11. The van der Waals surface area contributed by atoms with Gasteiger partial charge in [0.25, 0.3) is 5.91 Å². The molecule has 0 fully saturated rings. The molecule has 27 heavy (non-hydrogen) atoms. The van der Waals surface area contributed by atoms with Crippen LogP contribution in [0, 0.1) is 25.2 Å². The summed E-state index contributed by atoms with van der Waals surface area (Å²) < 4.78 is 5.58. The summed E-state index contributed by atoms with van der Waals surface area (Å²) in [6.07, 6.45) is 4.02. The number of aryl methyl sites for hydroxylation is 1. The van der Waals surface area contributed by atoms with E-state index in [4.69, 9.17) is 39.5 Å². The van der Waals surface area contributed by atoms with Gasteiger partial charge in [0.2, 0.25) is 0 Å². The number of benzene rings is 1. The Kier molecular flexibility index (Phi) is 6.22. The molecule has 2 aromatic rings. The molecular formula is C19H17Cl3N2O2S. The number of carbonyl (C=O) groups is 1. The fourth-order valence-corrected chi connectivity index (χ4v) is 5.19. The Morgan fingerprint density at radius 3 is 2.41 bits per heavy atom. The van der Waals surface area contributed by atoms with Crippen molar-refractivity contribution in [1.82, 2.24) is 0 Å². The van der Waals surface area contributed by atoms with Crippen LogP contribution in [0.5, 0.6) is 5.75 Å². The number of hydrogen-bond donors (Lipinski definition) is 1. The highest BCUT2D eigenvalue weighted by Crippen LogP contribution is 2.42. The molecule has 0 radical (unpaired) electrons. The maximum absolute atomic E-state index is 12.4. The summed E-state index contributed by atoms with van der Waals surface area (Å²) in [4.78, 5) is 13.6. The first-order chi connectivity index (χ1) is 12.8. The lowest BCUT2D eigenvalue weighted by Crippen LogP contribution is -2.20. The van der Waals surface area contributed by atoms with Crippen molar-refractivity contribution in [2.24, 2.45) is 0 Å². The summed E-state index contributed by atoms with van der Waals surface area (Å²) in [7, 11) is 0. The Hall–Kier alpha value is -1.45. The van der Waals surface area contributed by atoms with Crippen molar-refractivity contribution >= 4 is 57.0 Å². The second-order valence-corrected chi connectivity index (χ2v) is 8.62. The monoisotopic (exact) mass is 442 g/mol. The highest BCUT2D eigenvalue weighted by molar-refractivity contribution is 7.16. The fraction of sp³-hybridized carbons (Fsp3) is 0.368. The lowest BCUT2D eigenvalue weighted by molar-refractivity contribution is -0.118. The van der Waals surface area contributed by atoms with Crippen LogP contribution in [0.2, 0.25) is 15.1 Å². The average molecular weight is 444 g/mol. The maximum Gasteiger partial charge on any atom is 0.262 e. The quantitative estimate of drug-likeness (QED) is 0.621. The Morgan fingerprint density at radius 1 is 1.15 bits per heavy atom. The minimum atomic E-state index is -0.373. The van der Waals surface area contributed by atoms with Gasteiger partial charge in [0, 0.05) is 9.90 Å². The first-order valence-corrected chi connectivity index (χ1v) is 10.4. The molecule has 3 rings (SSSR count). The minimum absolute atomic E-state index is 0.235. The Morgan fingerprint density at radius 2 is 1.78 bits per heavy atom. The third kappa shape index (κ3) is 3.90. The second-order valence-electron chi connectivity index (χ2n) is 6.38. The van der Waals surface area contributed by atoms with Crippen LogP contribution in [-0.4, -0.2) is 12.5 Å². The average Bonchev–Trinajstić information content (AvgIpc) is 3.01. The van der Waals surface area contributed by atoms with E-state index in [1.807, 2.05) is 0 Å². The molecule has 0 saturated carbocycles. The van der Waals surface area contributed by atoms with Crippen molar-refractivity contribution in [1.29, 1.82) is 5.26 Å². The molecule has 1 aliphatic carbocycles. The van der Waals surface area contributed by atoms with Gasteiger partial charge in [0.1, 0.15) is 11.1 Å². The molecule has 0 aliphatic heterocycles. The molecule has 8 heteroatoms. The maximum atomic E-state index is 12.4. The molecule has 1 N–H and O–H groups in total. The predicted octanol–water partition coefficient (Wildman–Crippen LogP) is 6.09. The number of rotatable bonds is 4. The third-order valence-corrected chi connectivity index (χ3v) is 7.28. The van der Waals surface area contributed by atoms with Gasteiger partial charge in [0.05, 0.1) is 15.6 Å². The van der Waals surface area contributed by atoms with Crippen LogP contribution < -0.4 is 10.1 Å². The number of nitrogens with zero attached hydrogens (tertiary/aromatic N) is 1. The van der Waals surface area contributed by atoms with Crippen LogP contribution in [0.3, 0.4) is 0 Å². The highest BCUT2D eigenvalue weighted by Gasteiger charge is 2.23. The number of nitrogens with one attached hydrogen (secondary N) is 1. The van der Waals surface area contributed by atoms with E-state index in [-0.39, 0.29) is 28.3 Å². The van der Waals surface area contributed by atoms with Crippen molar-refractivity contribution in [3.05, 3.63) is 42.2 Å². The van der Waals surface area contributed by atoms with Crippen LogP contribution in [-0.2, 0) is 17.6 Å². The molecule has 0 atom stereocenters. The Balaban J connectivity index is 1.75. The Bertz CT molecular complexity index is 934. The number of thiophene rings is 1. The molecule has 1 heterocycles. The van der Waals surface area contributed by atoms with Crippen LogP contribution in [0.25, 0.3) is 0 Å². The molecular weight excluding hydrogens is 427 g/mol. The van der Waals surface area contributed by atoms with Crippen LogP contribution in [0.4, 0.5) is 5.00 Å². The number of halogens is 3. The number of carbonyl (C=O) groups excluding carboxylic acids is 1. The summed E-state index contributed by atoms with van der Waals surface area (Å²) in [6.45, 7) is 3.25. The van der Waals surface area contributed by atoms with Crippen molar-refractivity contribution in [3.8, 4) is 11.8 Å². The number of anilines is 1. The van der Waals surface area contributed by atoms with Crippen molar-refractivity contribution in [2.75, 3.05) is 11.9 Å². The van der Waals surface area contributed by atoms with Crippen molar-refractivity contribution in [3.63, 3.8) is 0 Å². The van der Waals surface area contributed by atoms with E-state index in [1.165, 1.54) is 16.2 Å². The zero-order chi connectivity index (χ0) is 19.7. The van der Waals surface area contributed by atoms with E-state index in [1.54, 1.807) is 13.8 Å². The van der Waals surface area contributed by atoms with Gasteiger partial charge >= 0.3 is 0 Å². The summed E-state index contributed by atoms with van der Waals surface area (Å²) >= 11 is 20.2. The van der Waals surface area contributed by atoms with Crippen molar-refractivity contribution < 1.29 is 9.53 Å². The van der Waals surface area contributed by atoms with Gasteiger partial charge in [-0.15, -0.1) is 11.3 Å². The van der Waals surface area contributed by atoms with E-state index < -0.39 is 0 Å². The van der Waals surface area contributed by atoms with Gasteiger partial charge in [-0.05, 0) is 56.2 Å². The van der Waals surface area contributed by atoms with Gasteiger partial charge in [-0.1, -0.05) is 34.8 Å². The zero-order valence-corrected chi connectivity index (χ0v) is 17.9. The van der Waals surface area contributed by atoms with E-state index in [0.717, 1.165) is 31.2 Å². The normalized spacial score (nSPS) is 13.0. The molecule has 1 aliphatic rings. The van der Waals surface area contributed by atoms with E-state index in [9.17, 15) is 10.1 Å². The van der Waals surface area contributed by atoms with Gasteiger partial charge < -0.3 is 10.1 Å². The summed E-state index contributed by atoms with van der Waals surface area (Å²) in [5.41, 5.74) is 2.93. The van der Waals surface area contributed by atoms with E-state index >= 15 is 0 Å². The summed E-state index contributed by atoms with van der Waals surface area (Å²) in [5.74, 6) is -0.138. The summed E-state index contributed by atoms with van der Waals surface area (Å²) in [5, 5.41) is 13.9. The predicted molar refractivity (Wildman–Crippen MR) is 111 cm³/mol. The number of ether oxygens (including phenoxy) is 1. The molecule has 0 bridgehead atoms. The zero-order valence-electron chi connectivity index (χ0n) is 14.8. The summed E-state index contributed by atoms with van der Waals surface area (Å²) in [6, 6.07) is 2.22. The van der Waals surface area contributed by atoms with Gasteiger partial charge in [-0.2, -0.15) is 5.26 Å². The Labute approximate surface area is 177 Å². The van der Waals surface area contributed by atoms with Gasteiger partial charge in [0.15, 0.2) is 12.4 Å². The molecule has 1 aromatic carbocycles. The number of hydrogen-bond acceptors (Lipinski definition) is 4. The molecule has 0 spiro atoms. The molecule has 0 saturated heterocycles. The SMILES string of the molecule is Cc1c(Cl)c(C)c(Cl)c(OCC(=O)Nc2sc3c(c2C#N)CCCC3)c1Cl. The molecule has 142 valence electrons. The van der Waals surface area contributed by atoms with Crippen LogP contribution in [0.15, 0.2) is 0 Å². The largest absolute Gasteiger partial charge is 0.481 e. The molecule has 0 unspecified atom stereocenters. The molecule has 1 aromatic heterocycles. The first kappa shape index (κ1) is 20.3. The molecule has 1 amide bonds. The lowest BCUT2D eigenvalue weighted by atomic mass is 9.96. The van der Waals surface area contributed by atoms with Crippen LogP contribution >= 0.6 is 46.1 Å². The van der Waals surface area contributed by atoms with Crippen molar-refractivity contribution in [2.45, 2.75) is 39.5 Å². The third-order valence-electron chi connectivity index (χ3n) is 4.60. The van der Waals surface area contributed by atoms with E-state index in [2.05, 4.69) is 11.4 Å². The van der Waals surface area contributed by atoms with Gasteiger partial charge in [-0.25, -0.2) is 0 Å². The number of fused-ring (bicyclic) bond motifs is 1. The highest BCUT2D eigenvalue weighted by atomic mass is 35.5. The topological polar surface area (TPSA) is 62.1 Å². The number of amides is 1. The minimum Gasteiger partial charge on any atom is -0.481 e. The standard InChI is InChI=1S/C19H17Cl3N2O2S/c1-9-15(20)10(2)17(22)18(16(9)21)26-8-14(25)24-19-12(7-23)11-5-3-4-6-13(11)27-19/h3-6,8H2,1-2H3,(H,24,25). The number of nitriles is 1. The molecule has 4 nitrogen and oxygen atoms in total. The first-order valence-electron chi connectivity index (χ1n) is 8.46. The van der Waals surface area contributed by atoms with E-state index in [0.29, 0.717) is 26.7 Å². The van der Waals surface area contributed by atoms with Crippen LogP contribution in [0.1, 0.15) is 40.0 Å². The second kappa shape index (κ2) is 8.28.